The van der Waals surface area contributed by atoms with Crippen LogP contribution < -0.4 is 10.9 Å². The molecular formula is C21H30N4O5. The maximum absolute atomic E-state index is 12.8. The molecule has 0 spiro atoms. The zero-order valence-corrected chi connectivity index (χ0v) is 17.4. The lowest BCUT2D eigenvalue weighted by molar-refractivity contribution is -0.150. The van der Waals surface area contributed by atoms with Gasteiger partial charge in [0.25, 0.3) is 5.91 Å². The summed E-state index contributed by atoms with van der Waals surface area (Å²) < 4.78 is 5.32. The first-order chi connectivity index (χ1) is 14.4. The van der Waals surface area contributed by atoms with Gasteiger partial charge in [0.15, 0.2) is 6.10 Å². The van der Waals surface area contributed by atoms with E-state index in [4.69, 9.17) is 14.7 Å². The summed E-state index contributed by atoms with van der Waals surface area (Å²) in [6.45, 7) is 4.85. The number of carbonyl (C=O) groups is 2. The summed E-state index contributed by atoms with van der Waals surface area (Å²) in [4.78, 5) is 30.7. The van der Waals surface area contributed by atoms with Crippen LogP contribution in [0, 0.1) is 0 Å². The maximum atomic E-state index is 12.8. The summed E-state index contributed by atoms with van der Waals surface area (Å²) in [5.74, 6) is -1.01. The molecule has 2 atom stereocenters. The molecule has 0 aliphatic carbocycles. The first-order valence-electron chi connectivity index (χ1n) is 10.3. The lowest BCUT2D eigenvalue weighted by atomic mass is 10.00. The number of hydrogen-bond donors (Lipinski definition) is 3. The lowest BCUT2D eigenvalue weighted by Gasteiger charge is -2.32. The summed E-state index contributed by atoms with van der Waals surface area (Å²) in [6.07, 6.45) is 2.98. The Balaban J connectivity index is 1.46. The van der Waals surface area contributed by atoms with Gasteiger partial charge in [-0.3, -0.25) is 9.63 Å². The summed E-state index contributed by atoms with van der Waals surface area (Å²) in [6, 6.07) is 8.23. The van der Waals surface area contributed by atoms with Crippen molar-refractivity contribution in [2.75, 3.05) is 19.7 Å². The third-order valence-corrected chi connectivity index (χ3v) is 5.16. The molecule has 3 rings (SSSR count). The Morgan fingerprint density at radius 3 is 2.67 bits per heavy atom. The van der Waals surface area contributed by atoms with Crippen LogP contribution in [0.3, 0.4) is 0 Å². The van der Waals surface area contributed by atoms with Crippen LogP contribution in [0.5, 0.6) is 0 Å². The molecule has 0 bridgehead atoms. The molecule has 2 aliphatic rings. The minimum absolute atomic E-state index is 0.0369. The number of nitrogens with one attached hydrogen (secondary N) is 2. The number of hydrazone groups is 1. The van der Waals surface area contributed by atoms with Crippen LogP contribution in [-0.4, -0.2) is 66.0 Å². The minimum atomic E-state index is -0.975. The third kappa shape index (κ3) is 6.25. The van der Waals surface area contributed by atoms with Crippen LogP contribution >= 0.6 is 0 Å². The van der Waals surface area contributed by atoms with Crippen LogP contribution in [0.1, 0.15) is 50.3 Å². The largest absolute Gasteiger partial charge is 0.480 e. The van der Waals surface area contributed by atoms with Crippen molar-refractivity contribution in [3.8, 4) is 0 Å². The van der Waals surface area contributed by atoms with E-state index in [2.05, 4.69) is 16.0 Å². The number of nitrogens with zero attached hydrogens (tertiary/aromatic N) is 2. The van der Waals surface area contributed by atoms with Crippen molar-refractivity contribution in [1.29, 1.82) is 0 Å². The molecule has 0 aromatic heterocycles. The molecule has 2 fully saturated rings. The molecule has 3 N–H and O–H groups in total. The molecular weight excluding hydrogens is 388 g/mol. The second-order valence-corrected chi connectivity index (χ2v) is 7.95. The standard InChI is InChI=1S/C21H30N4O5/c1-14(2)23-22-12-15-3-5-16(6-4-15)18-11-19(30-24-18)21(28)25-9-7-17(8-10-25)29-13-20(26)27/h3-6,12,14,17-19,23-24H,7-11,13H2,1-2H3,(H,26,27). The molecule has 9 nitrogen and oxygen atoms in total. The zero-order chi connectivity index (χ0) is 21.5. The Hall–Kier alpha value is -2.49. The fourth-order valence-corrected chi connectivity index (χ4v) is 3.54. The van der Waals surface area contributed by atoms with Gasteiger partial charge in [-0.2, -0.15) is 10.6 Å². The van der Waals surface area contributed by atoms with E-state index in [1.54, 1.807) is 11.1 Å². The van der Waals surface area contributed by atoms with Gasteiger partial charge in [-0.05, 0) is 37.8 Å². The Bertz CT molecular complexity index is 744. The predicted octanol–water partition coefficient (Wildman–Crippen LogP) is 1.45. The molecule has 2 aliphatic heterocycles. The smallest absolute Gasteiger partial charge is 0.329 e. The van der Waals surface area contributed by atoms with Crippen LogP contribution in [0.2, 0.25) is 0 Å². The number of rotatable bonds is 8. The molecule has 0 saturated carbocycles. The number of hydrogen-bond acceptors (Lipinski definition) is 7. The molecule has 2 unspecified atom stereocenters. The van der Waals surface area contributed by atoms with E-state index in [1.165, 1.54) is 0 Å². The highest BCUT2D eigenvalue weighted by Crippen LogP contribution is 2.27. The number of hydroxylamine groups is 1. The van der Waals surface area contributed by atoms with Crippen molar-refractivity contribution in [2.24, 2.45) is 5.10 Å². The van der Waals surface area contributed by atoms with Gasteiger partial charge in [-0.25, -0.2) is 4.79 Å². The predicted molar refractivity (Wildman–Crippen MR) is 111 cm³/mol. The van der Waals surface area contributed by atoms with Crippen LogP contribution in [0.25, 0.3) is 0 Å². The van der Waals surface area contributed by atoms with Crippen molar-refractivity contribution in [3.63, 3.8) is 0 Å². The molecule has 164 valence electrons. The topological polar surface area (TPSA) is 112 Å². The number of likely N-dealkylation sites (tertiary alicyclic amines) is 1. The Labute approximate surface area is 176 Å². The van der Waals surface area contributed by atoms with E-state index < -0.39 is 12.1 Å². The summed E-state index contributed by atoms with van der Waals surface area (Å²) in [5, 5.41) is 12.9. The number of aliphatic carboxylic acids is 1. The minimum Gasteiger partial charge on any atom is -0.480 e. The first kappa shape index (κ1) is 22.2. The number of ether oxygens (including phenoxy) is 1. The fraction of sp³-hybridized carbons (Fsp3) is 0.571. The van der Waals surface area contributed by atoms with E-state index in [-0.39, 0.29) is 30.7 Å². The van der Waals surface area contributed by atoms with Gasteiger partial charge in [-0.1, -0.05) is 24.3 Å². The van der Waals surface area contributed by atoms with E-state index >= 15 is 0 Å². The van der Waals surface area contributed by atoms with E-state index in [0.717, 1.165) is 11.1 Å². The van der Waals surface area contributed by atoms with Crippen molar-refractivity contribution >= 4 is 18.1 Å². The van der Waals surface area contributed by atoms with E-state index in [1.807, 2.05) is 38.1 Å². The third-order valence-electron chi connectivity index (χ3n) is 5.16. The highest BCUT2D eigenvalue weighted by molar-refractivity contribution is 5.81. The van der Waals surface area contributed by atoms with Gasteiger partial charge < -0.3 is 20.2 Å². The van der Waals surface area contributed by atoms with Gasteiger partial charge in [0, 0.05) is 25.6 Å². The lowest BCUT2D eigenvalue weighted by Crippen LogP contribution is -2.45. The van der Waals surface area contributed by atoms with Crippen molar-refractivity contribution < 1.29 is 24.3 Å². The summed E-state index contributed by atoms with van der Waals surface area (Å²) in [5.41, 5.74) is 8.02. The SMILES string of the molecule is CC(C)NN=Cc1ccc(C2CC(C(=O)N3CCC(OCC(=O)O)CC3)ON2)cc1. The Kier molecular flexibility index (Phi) is 7.78. The monoisotopic (exact) mass is 418 g/mol. The molecule has 2 saturated heterocycles. The van der Waals surface area contributed by atoms with Crippen LogP contribution in [0.15, 0.2) is 29.4 Å². The molecule has 9 heteroatoms. The average molecular weight is 418 g/mol. The zero-order valence-electron chi connectivity index (χ0n) is 17.4. The van der Waals surface area contributed by atoms with Crippen molar-refractivity contribution in [2.45, 2.75) is 57.4 Å². The summed E-state index contributed by atoms with van der Waals surface area (Å²) >= 11 is 0. The molecule has 30 heavy (non-hydrogen) atoms. The van der Waals surface area contributed by atoms with E-state index in [0.29, 0.717) is 32.4 Å². The van der Waals surface area contributed by atoms with Gasteiger partial charge in [0.2, 0.25) is 0 Å². The number of piperidine rings is 1. The molecule has 0 radical (unpaired) electrons. The maximum Gasteiger partial charge on any atom is 0.329 e. The highest BCUT2D eigenvalue weighted by Gasteiger charge is 2.36. The fourth-order valence-electron chi connectivity index (χ4n) is 3.54. The van der Waals surface area contributed by atoms with E-state index in [9.17, 15) is 9.59 Å². The molecule has 1 aromatic carbocycles. The quantitative estimate of drug-likeness (QED) is 0.433. The Morgan fingerprint density at radius 2 is 2.03 bits per heavy atom. The summed E-state index contributed by atoms with van der Waals surface area (Å²) in [7, 11) is 0. The number of amides is 1. The van der Waals surface area contributed by atoms with Crippen molar-refractivity contribution in [1.82, 2.24) is 15.8 Å². The highest BCUT2D eigenvalue weighted by atomic mass is 16.7. The molecule has 2 heterocycles. The van der Waals surface area contributed by atoms with Crippen LogP contribution in [0.4, 0.5) is 0 Å². The van der Waals surface area contributed by atoms with Gasteiger partial charge >= 0.3 is 5.97 Å². The number of carboxylic acid groups (broad SMARTS) is 1. The number of benzene rings is 1. The molecule has 1 aromatic rings. The first-order valence-corrected chi connectivity index (χ1v) is 10.3. The number of carboxylic acids is 1. The van der Waals surface area contributed by atoms with Gasteiger partial charge in [0.1, 0.15) is 6.61 Å². The van der Waals surface area contributed by atoms with Crippen molar-refractivity contribution in [3.05, 3.63) is 35.4 Å². The molecule has 1 amide bonds. The second-order valence-electron chi connectivity index (χ2n) is 7.95. The normalized spacial score (nSPS) is 22.7. The average Bonchev–Trinajstić information content (AvgIpc) is 3.22. The second kappa shape index (κ2) is 10.5. The van der Waals surface area contributed by atoms with Gasteiger partial charge in [-0.15, -0.1) is 0 Å². The number of carbonyl (C=O) groups excluding carboxylic acids is 1. The van der Waals surface area contributed by atoms with Crippen LogP contribution in [-0.2, 0) is 19.2 Å². The Morgan fingerprint density at radius 1 is 1.33 bits per heavy atom. The van der Waals surface area contributed by atoms with Gasteiger partial charge in [0.05, 0.1) is 18.4 Å².